The van der Waals surface area contributed by atoms with Crippen LogP contribution >= 0.6 is 0 Å². The van der Waals surface area contributed by atoms with Crippen molar-refractivity contribution in [3.05, 3.63) is 0 Å². The molecule has 15 heavy (non-hydrogen) atoms. The number of aliphatic hydroxyl groups is 1. The molecule has 1 rings (SSSR count). The minimum atomic E-state index is -1.14. The van der Waals surface area contributed by atoms with Crippen molar-refractivity contribution < 1.29 is 28.9 Å². The molecular formula is C9H14O6. The molecule has 0 aromatic carbocycles. The van der Waals surface area contributed by atoms with E-state index >= 15 is 0 Å². The standard InChI is InChI=1S/C9H14O6/c1-5(10)13-4-7-3-8(9(12)15-7)14-6(2)11/h7-9,12H,3-4H2,1-2H3/t7-,8+,9-/m0/s1. The molecule has 0 aromatic rings. The van der Waals surface area contributed by atoms with E-state index in [1.54, 1.807) is 0 Å². The summed E-state index contributed by atoms with van der Waals surface area (Å²) in [5.74, 6) is -0.889. The van der Waals surface area contributed by atoms with Gasteiger partial charge in [0.25, 0.3) is 0 Å². The van der Waals surface area contributed by atoms with Crippen molar-refractivity contribution in [1.29, 1.82) is 0 Å². The molecule has 1 N–H and O–H groups in total. The maximum atomic E-state index is 10.6. The van der Waals surface area contributed by atoms with Gasteiger partial charge >= 0.3 is 11.9 Å². The molecule has 0 spiro atoms. The molecular weight excluding hydrogens is 204 g/mol. The Bertz CT molecular complexity index is 251. The first-order valence-electron chi connectivity index (χ1n) is 4.63. The fourth-order valence-electron chi connectivity index (χ4n) is 1.35. The Labute approximate surface area is 87.1 Å². The molecule has 1 saturated heterocycles. The third kappa shape index (κ3) is 3.85. The second-order valence-electron chi connectivity index (χ2n) is 3.33. The van der Waals surface area contributed by atoms with Gasteiger partial charge in [0.1, 0.15) is 6.61 Å². The number of carbonyl (C=O) groups excluding carboxylic acids is 2. The first-order valence-corrected chi connectivity index (χ1v) is 4.63. The molecule has 1 aliphatic heterocycles. The summed E-state index contributed by atoms with van der Waals surface area (Å²) in [6.07, 6.45) is -1.92. The van der Waals surface area contributed by atoms with Gasteiger partial charge in [-0.05, 0) is 0 Å². The predicted molar refractivity (Wildman–Crippen MR) is 47.7 cm³/mol. The van der Waals surface area contributed by atoms with E-state index in [9.17, 15) is 14.7 Å². The molecule has 0 aromatic heterocycles. The van der Waals surface area contributed by atoms with Gasteiger partial charge in [0, 0.05) is 20.3 Å². The normalized spacial score (nSPS) is 29.9. The Morgan fingerprint density at radius 1 is 1.40 bits per heavy atom. The van der Waals surface area contributed by atoms with Crippen LogP contribution in [0.4, 0.5) is 0 Å². The molecule has 0 aliphatic carbocycles. The lowest BCUT2D eigenvalue weighted by Gasteiger charge is -2.11. The minimum Gasteiger partial charge on any atom is -0.463 e. The van der Waals surface area contributed by atoms with E-state index in [4.69, 9.17) is 14.2 Å². The fourth-order valence-corrected chi connectivity index (χ4v) is 1.35. The summed E-state index contributed by atoms with van der Waals surface area (Å²) in [4.78, 5) is 21.2. The van der Waals surface area contributed by atoms with Gasteiger partial charge in [-0.3, -0.25) is 9.59 Å². The highest BCUT2D eigenvalue weighted by Crippen LogP contribution is 2.21. The zero-order chi connectivity index (χ0) is 11.4. The van der Waals surface area contributed by atoms with Gasteiger partial charge in [-0.1, -0.05) is 0 Å². The molecule has 3 atom stereocenters. The number of hydrogen-bond donors (Lipinski definition) is 1. The van der Waals surface area contributed by atoms with Crippen LogP contribution in [0.3, 0.4) is 0 Å². The average molecular weight is 218 g/mol. The number of carbonyl (C=O) groups is 2. The SMILES string of the molecule is CC(=O)OC[C@@H]1C[C@@H](OC(C)=O)[C@@H](O)O1. The lowest BCUT2D eigenvalue weighted by Crippen LogP contribution is -2.25. The Morgan fingerprint density at radius 2 is 2.07 bits per heavy atom. The predicted octanol–water partition coefficient (Wildman–Crippen LogP) is -0.412. The van der Waals surface area contributed by atoms with Crippen LogP contribution in [0, 0.1) is 0 Å². The van der Waals surface area contributed by atoms with Crippen LogP contribution in [0.25, 0.3) is 0 Å². The van der Waals surface area contributed by atoms with Crippen molar-refractivity contribution in [2.24, 2.45) is 0 Å². The van der Waals surface area contributed by atoms with Crippen LogP contribution in [0.1, 0.15) is 20.3 Å². The first kappa shape index (κ1) is 11.9. The van der Waals surface area contributed by atoms with Crippen molar-refractivity contribution >= 4 is 11.9 Å². The number of esters is 2. The quantitative estimate of drug-likeness (QED) is 0.648. The molecule has 0 radical (unpaired) electrons. The van der Waals surface area contributed by atoms with Gasteiger partial charge in [0.2, 0.25) is 0 Å². The van der Waals surface area contributed by atoms with E-state index in [2.05, 4.69) is 0 Å². The van der Waals surface area contributed by atoms with Gasteiger partial charge < -0.3 is 19.3 Å². The summed E-state index contributed by atoms with van der Waals surface area (Å²) in [6.45, 7) is 2.60. The summed E-state index contributed by atoms with van der Waals surface area (Å²) >= 11 is 0. The first-order chi connectivity index (χ1) is 6.99. The molecule has 6 nitrogen and oxygen atoms in total. The topological polar surface area (TPSA) is 82.1 Å². The lowest BCUT2D eigenvalue weighted by atomic mass is 10.2. The van der Waals surface area contributed by atoms with Crippen molar-refractivity contribution in [2.75, 3.05) is 6.61 Å². The van der Waals surface area contributed by atoms with Crippen molar-refractivity contribution in [2.45, 2.75) is 38.8 Å². The van der Waals surface area contributed by atoms with Crippen LogP contribution in [0.15, 0.2) is 0 Å². The van der Waals surface area contributed by atoms with Gasteiger partial charge in [-0.2, -0.15) is 0 Å². The second kappa shape index (κ2) is 5.09. The molecule has 0 amide bonds. The second-order valence-corrected chi connectivity index (χ2v) is 3.33. The van der Waals surface area contributed by atoms with Gasteiger partial charge in [0.15, 0.2) is 12.4 Å². The molecule has 1 fully saturated rings. The van der Waals surface area contributed by atoms with Crippen LogP contribution in [-0.4, -0.2) is 42.1 Å². The summed E-state index contributed by atoms with van der Waals surface area (Å²) in [6, 6.07) is 0. The molecule has 0 unspecified atom stereocenters. The summed E-state index contributed by atoms with van der Waals surface area (Å²) < 4.78 is 14.5. The Balaban J connectivity index is 2.34. The number of rotatable bonds is 3. The zero-order valence-electron chi connectivity index (χ0n) is 8.63. The molecule has 86 valence electrons. The maximum Gasteiger partial charge on any atom is 0.303 e. The molecule has 0 bridgehead atoms. The number of aliphatic hydroxyl groups excluding tert-OH is 1. The van der Waals surface area contributed by atoms with Crippen molar-refractivity contribution in [3.63, 3.8) is 0 Å². The van der Waals surface area contributed by atoms with Gasteiger partial charge in [-0.15, -0.1) is 0 Å². The maximum absolute atomic E-state index is 10.6. The van der Waals surface area contributed by atoms with E-state index in [-0.39, 0.29) is 6.61 Å². The monoisotopic (exact) mass is 218 g/mol. The van der Waals surface area contributed by atoms with Crippen LogP contribution in [0.5, 0.6) is 0 Å². The largest absolute Gasteiger partial charge is 0.463 e. The molecule has 0 saturated carbocycles. The summed E-state index contributed by atoms with van der Waals surface area (Å²) in [5.41, 5.74) is 0. The Hall–Kier alpha value is -1.14. The molecule has 1 aliphatic rings. The molecule has 6 heteroatoms. The highest BCUT2D eigenvalue weighted by molar-refractivity contribution is 5.66. The average Bonchev–Trinajstić information content (AvgIpc) is 2.43. The van der Waals surface area contributed by atoms with Crippen molar-refractivity contribution in [1.82, 2.24) is 0 Å². The van der Waals surface area contributed by atoms with E-state index in [1.807, 2.05) is 0 Å². The molecule has 1 heterocycles. The van der Waals surface area contributed by atoms with Gasteiger partial charge in [-0.25, -0.2) is 0 Å². The van der Waals surface area contributed by atoms with Crippen LogP contribution in [-0.2, 0) is 23.8 Å². The lowest BCUT2D eigenvalue weighted by molar-refractivity contribution is -0.170. The third-order valence-corrected chi connectivity index (χ3v) is 1.93. The zero-order valence-corrected chi connectivity index (χ0v) is 8.63. The van der Waals surface area contributed by atoms with Crippen LogP contribution in [0.2, 0.25) is 0 Å². The summed E-state index contributed by atoms with van der Waals surface area (Å²) in [5, 5.41) is 9.33. The minimum absolute atomic E-state index is 0.0597. The van der Waals surface area contributed by atoms with E-state index in [1.165, 1.54) is 13.8 Å². The third-order valence-electron chi connectivity index (χ3n) is 1.93. The summed E-state index contributed by atoms with van der Waals surface area (Å²) in [7, 11) is 0. The smallest absolute Gasteiger partial charge is 0.303 e. The number of ether oxygens (including phenoxy) is 3. The Kier molecular flexibility index (Phi) is 4.05. The van der Waals surface area contributed by atoms with E-state index < -0.39 is 30.4 Å². The number of hydrogen-bond acceptors (Lipinski definition) is 6. The van der Waals surface area contributed by atoms with E-state index in [0.29, 0.717) is 6.42 Å². The Morgan fingerprint density at radius 3 is 2.60 bits per heavy atom. The highest BCUT2D eigenvalue weighted by atomic mass is 16.7. The van der Waals surface area contributed by atoms with Crippen molar-refractivity contribution in [3.8, 4) is 0 Å². The highest BCUT2D eigenvalue weighted by Gasteiger charge is 2.36. The fraction of sp³-hybridized carbons (Fsp3) is 0.778. The van der Waals surface area contributed by atoms with Crippen LogP contribution < -0.4 is 0 Å². The van der Waals surface area contributed by atoms with Gasteiger partial charge in [0.05, 0.1) is 6.10 Å². The van der Waals surface area contributed by atoms with E-state index in [0.717, 1.165) is 0 Å².